The van der Waals surface area contributed by atoms with E-state index in [2.05, 4.69) is 0 Å². The van der Waals surface area contributed by atoms with Gasteiger partial charge in [-0.15, -0.1) is 0 Å². The number of carboxylic acid groups (broad SMARTS) is 1. The van der Waals surface area contributed by atoms with Crippen molar-refractivity contribution >= 4 is 22.8 Å². The largest absolute Gasteiger partial charge is 0.477 e. The first kappa shape index (κ1) is 16.6. The number of carbonyl (C=O) groups excluding carboxylic acids is 1. The highest BCUT2D eigenvalue weighted by Crippen LogP contribution is 2.27. The van der Waals surface area contributed by atoms with Gasteiger partial charge in [-0.25, -0.2) is 4.79 Å². The lowest BCUT2D eigenvalue weighted by Gasteiger charge is -2.21. The van der Waals surface area contributed by atoms with Crippen molar-refractivity contribution in [1.29, 1.82) is 0 Å². The highest BCUT2D eigenvalue weighted by Gasteiger charge is 2.23. The number of carboxylic acids is 1. The van der Waals surface area contributed by atoms with Crippen molar-refractivity contribution in [3.63, 3.8) is 0 Å². The van der Waals surface area contributed by atoms with E-state index in [1.165, 1.54) is 0 Å². The number of benzene rings is 1. The summed E-state index contributed by atoms with van der Waals surface area (Å²) in [6.07, 6.45) is 4.38. The molecule has 128 valence electrons. The number of hydrogen-bond acceptors (Lipinski definition) is 2. The van der Waals surface area contributed by atoms with Crippen molar-refractivity contribution in [3.8, 4) is 0 Å². The van der Waals surface area contributed by atoms with Crippen LogP contribution in [0.5, 0.6) is 0 Å². The molecule has 24 heavy (non-hydrogen) atoms. The average molecular weight is 328 g/mol. The minimum absolute atomic E-state index is 0.0110. The van der Waals surface area contributed by atoms with E-state index < -0.39 is 5.97 Å². The third-order valence-electron chi connectivity index (χ3n) is 4.93. The van der Waals surface area contributed by atoms with Crippen LogP contribution >= 0.6 is 0 Å². The summed E-state index contributed by atoms with van der Waals surface area (Å²) in [7, 11) is 0. The fraction of sp³-hybridized carbons (Fsp3) is 0.474. The monoisotopic (exact) mass is 328 g/mol. The molecule has 0 atom stereocenters. The van der Waals surface area contributed by atoms with Gasteiger partial charge in [-0.3, -0.25) is 4.79 Å². The van der Waals surface area contributed by atoms with Crippen molar-refractivity contribution in [2.75, 3.05) is 13.1 Å². The molecule has 0 saturated carbocycles. The lowest BCUT2D eigenvalue weighted by molar-refractivity contribution is -0.131. The van der Waals surface area contributed by atoms with Gasteiger partial charge in [-0.2, -0.15) is 0 Å². The van der Waals surface area contributed by atoms with E-state index in [4.69, 9.17) is 0 Å². The highest BCUT2D eigenvalue weighted by molar-refractivity contribution is 5.99. The molecule has 1 aromatic carbocycles. The minimum Gasteiger partial charge on any atom is -0.477 e. The number of nitrogens with zero attached hydrogens (tertiary/aromatic N) is 2. The van der Waals surface area contributed by atoms with Gasteiger partial charge in [0.05, 0.1) is 0 Å². The molecule has 1 fully saturated rings. The van der Waals surface area contributed by atoms with Crippen LogP contribution in [0.25, 0.3) is 10.9 Å². The molecule has 0 unspecified atom stereocenters. The van der Waals surface area contributed by atoms with Crippen molar-refractivity contribution in [3.05, 3.63) is 35.0 Å². The van der Waals surface area contributed by atoms with E-state index in [1.807, 2.05) is 36.9 Å². The Bertz CT molecular complexity index is 783. The van der Waals surface area contributed by atoms with Crippen LogP contribution in [0.1, 0.15) is 47.3 Å². The van der Waals surface area contributed by atoms with E-state index in [9.17, 15) is 14.7 Å². The summed E-state index contributed by atoms with van der Waals surface area (Å²) in [5.41, 5.74) is 2.85. The highest BCUT2D eigenvalue weighted by atomic mass is 16.4. The standard InChI is InChI=1S/C19H24N2O3/c1-13-7-8-16-15(11-13)14(2)18(19(23)24)21(16)12-17(22)20-9-5-3-4-6-10-20/h7-8,11H,3-6,9-10,12H2,1-2H3,(H,23,24). The fourth-order valence-electron chi connectivity index (χ4n) is 3.63. The van der Waals surface area contributed by atoms with Crippen LogP contribution in [0.2, 0.25) is 0 Å². The number of rotatable bonds is 3. The van der Waals surface area contributed by atoms with Gasteiger partial charge in [0.2, 0.25) is 5.91 Å². The van der Waals surface area contributed by atoms with Gasteiger partial charge in [0, 0.05) is 24.0 Å². The maximum atomic E-state index is 12.7. The Morgan fingerprint density at radius 2 is 1.75 bits per heavy atom. The van der Waals surface area contributed by atoms with Gasteiger partial charge in [0.15, 0.2) is 0 Å². The van der Waals surface area contributed by atoms with Crippen molar-refractivity contribution in [2.45, 2.75) is 46.1 Å². The van der Waals surface area contributed by atoms with Crippen LogP contribution in [-0.2, 0) is 11.3 Å². The summed E-state index contributed by atoms with van der Waals surface area (Å²) in [5, 5.41) is 10.6. The SMILES string of the molecule is Cc1ccc2c(c1)c(C)c(C(=O)O)n2CC(=O)N1CCCCCC1. The summed E-state index contributed by atoms with van der Waals surface area (Å²) < 4.78 is 1.67. The zero-order valence-electron chi connectivity index (χ0n) is 14.3. The van der Waals surface area contributed by atoms with Gasteiger partial charge in [0.1, 0.15) is 12.2 Å². The molecule has 3 rings (SSSR count). The molecule has 0 aliphatic carbocycles. The molecule has 2 aromatic rings. The van der Waals surface area contributed by atoms with Crippen LogP contribution in [0, 0.1) is 13.8 Å². The minimum atomic E-state index is -0.981. The number of aromatic nitrogens is 1. The second kappa shape index (κ2) is 6.67. The van der Waals surface area contributed by atoms with Gasteiger partial charge < -0.3 is 14.6 Å². The molecule has 0 radical (unpaired) electrons. The Labute approximate surface area is 141 Å². The van der Waals surface area contributed by atoms with Gasteiger partial charge >= 0.3 is 5.97 Å². The summed E-state index contributed by atoms with van der Waals surface area (Å²) in [4.78, 5) is 26.4. The normalized spacial score (nSPS) is 15.5. The lowest BCUT2D eigenvalue weighted by atomic mass is 10.1. The Hall–Kier alpha value is -2.30. The molecule has 1 amide bonds. The third-order valence-corrected chi connectivity index (χ3v) is 4.93. The summed E-state index contributed by atoms with van der Waals surface area (Å²) in [5.74, 6) is -0.970. The molecule has 1 aromatic heterocycles. The summed E-state index contributed by atoms with van der Waals surface area (Å²) >= 11 is 0. The zero-order chi connectivity index (χ0) is 17.3. The second-order valence-corrected chi connectivity index (χ2v) is 6.68. The molecule has 1 aliphatic heterocycles. The topological polar surface area (TPSA) is 62.5 Å². The molecule has 1 saturated heterocycles. The molecule has 0 spiro atoms. The predicted octanol–water partition coefficient (Wildman–Crippen LogP) is 3.36. The maximum absolute atomic E-state index is 12.7. The van der Waals surface area contributed by atoms with Crippen molar-refractivity contribution in [1.82, 2.24) is 9.47 Å². The van der Waals surface area contributed by atoms with Crippen LogP contribution < -0.4 is 0 Å². The first-order valence-electron chi connectivity index (χ1n) is 8.59. The van der Waals surface area contributed by atoms with E-state index >= 15 is 0 Å². The van der Waals surface area contributed by atoms with Crippen LogP contribution in [0.3, 0.4) is 0 Å². The number of aromatic carboxylic acids is 1. The number of aryl methyl sites for hydroxylation is 2. The molecule has 5 nitrogen and oxygen atoms in total. The Morgan fingerprint density at radius 3 is 2.38 bits per heavy atom. The second-order valence-electron chi connectivity index (χ2n) is 6.68. The van der Waals surface area contributed by atoms with Gasteiger partial charge in [-0.1, -0.05) is 24.5 Å². The smallest absolute Gasteiger partial charge is 0.352 e. The van der Waals surface area contributed by atoms with Crippen LogP contribution in [0.15, 0.2) is 18.2 Å². The number of likely N-dealkylation sites (tertiary alicyclic amines) is 1. The number of hydrogen-bond donors (Lipinski definition) is 1. The first-order valence-corrected chi connectivity index (χ1v) is 8.59. The van der Waals surface area contributed by atoms with Crippen LogP contribution in [-0.4, -0.2) is 39.5 Å². The molecule has 5 heteroatoms. The predicted molar refractivity (Wildman–Crippen MR) is 93.4 cm³/mol. The van der Waals surface area contributed by atoms with E-state index in [-0.39, 0.29) is 18.1 Å². The summed E-state index contributed by atoms with van der Waals surface area (Å²) in [6, 6.07) is 5.87. The van der Waals surface area contributed by atoms with Crippen molar-refractivity contribution < 1.29 is 14.7 Å². The van der Waals surface area contributed by atoms with Gasteiger partial charge in [0.25, 0.3) is 0 Å². The summed E-state index contributed by atoms with van der Waals surface area (Å²) in [6.45, 7) is 5.45. The molecule has 1 N–H and O–H groups in total. The van der Waals surface area contributed by atoms with E-state index in [0.717, 1.165) is 60.8 Å². The lowest BCUT2D eigenvalue weighted by Crippen LogP contribution is -2.35. The average Bonchev–Trinajstić information content (AvgIpc) is 2.73. The fourth-order valence-corrected chi connectivity index (χ4v) is 3.63. The Kier molecular flexibility index (Phi) is 4.60. The Balaban J connectivity index is 2.00. The number of fused-ring (bicyclic) bond motifs is 1. The Morgan fingerprint density at radius 1 is 1.08 bits per heavy atom. The molecule has 0 bridgehead atoms. The van der Waals surface area contributed by atoms with Gasteiger partial charge in [-0.05, 0) is 44.4 Å². The first-order chi connectivity index (χ1) is 11.5. The quantitative estimate of drug-likeness (QED) is 0.940. The number of carbonyl (C=O) groups is 2. The third kappa shape index (κ3) is 3.03. The molecule has 1 aliphatic rings. The van der Waals surface area contributed by atoms with E-state index in [0.29, 0.717) is 0 Å². The number of amides is 1. The van der Waals surface area contributed by atoms with E-state index in [1.54, 1.807) is 4.57 Å². The van der Waals surface area contributed by atoms with Crippen LogP contribution in [0.4, 0.5) is 0 Å². The maximum Gasteiger partial charge on any atom is 0.352 e. The molecular weight excluding hydrogens is 304 g/mol. The zero-order valence-corrected chi connectivity index (χ0v) is 14.3. The molecule has 2 heterocycles. The van der Waals surface area contributed by atoms with Crippen molar-refractivity contribution in [2.24, 2.45) is 0 Å². The molecular formula is C19H24N2O3.